The number of fused-ring (bicyclic) bond motifs is 1. The Morgan fingerprint density at radius 3 is 2.47 bits per heavy atom. The Kier molecular flexibility index (Phi) is 6.22. The molecular formula is C20H15ClF2N4O3S2. The number of nitrogens with zero attached hydrogens (tertiary/aromatic N) is 3. The van der Waals surface area contributed by atoms with Crippen molar-refractivity contribution in [2.24, 2.45) is 0 Å². The number of thiophene rings is 1. The third-order valence-corrected chi connectivity index (χ3v) is 7.05. The number of non-ortho nitro benzene ring substituents is 1. The molecule has 1 N–H and O–H groups in total. The molecule has 0 radical (unpaired) electrons. The molecule has 32 heavy (non-hydrogen) atoms. The van der Waals surface area contributed by atoms with Crippen LogP contribution in [-0.2, 0) is 0 Å². The molecule has 0 aliphatic carbocycles. The molecule has 2 heterocycles. The largest absolute Gasteiger partial charge is 0.345 e. The van der Waals surface area contributed by atoms with Crippen LogP contribution in [-0.4, -0.2) is 51.9 Å². The molecule has 1 amide bonds. The van der Waals surface area contributed by atoms with E-state index < -0.39 is 16.6 Å². The molecule has 12 heteroatoms. The molecular weight excluding hydrogens is 482 g/mol. The average molecular weight is 497 g/mol. The van der Waals surface area contributed by atoms with Gasteiger partial charge >= 0.3 is 0 Å². The molecule has 7 nitrogen and oxygen atoms in total. The molecule has 0 atom stereocenters. The molecule has 0 saturated carbocycles. The van der Waals surface area contributed by atoms with Gasteiger partial charge < -0.3 is 15.1 Å². The molecule has 0 unspecified atom stereocenters. The number of anilines is 1. The van der Waals surface area contributed by atoms with Crippen molar-refractivity contribution >= 4 is 67.6 Å². The van der Waals surface area contributed by atoms with Crippen LogP contribution in [0.4, 0.5) is 20.2 Å². The lowest BCUT2D eigenvalue weighted by Crippen LogP contribution is -2.51. The van der Waals surface area contributed by atoms with Crippen LogP contribution < -0.4 is 5.32 Å². The number of nitro benzene ring substituents is 1. The number of thiocarbonyl (C=S) groups is 1. The second-order valence-electron chi connectivity index (χ2n) is 7.02. The van der Waals surface area contributed by atoms with Crippen molar-refractivity contribution in [2.75, 3.05) is 31.5 Å². The number of halogens is 3. The highest BCUT2D eigenvalue weighted by Gasteiger charge is 2.27. The van der Waals surface area contributed by atoms with Gasteiger partial charge in [0.2, 0.25) is 0 Å². The lowest BCUT2D eigenvalue weighted by Gasteiger charge is -2.36. The molecule has 0 spiro atoms. The van der Waals surface area contributed by atoms with Crippen LogP contribution in [0.1, 0.15) is 9.67 Å². The summed E-state index contributed by atoms with van der Waals surface area (Å²) >= 11 is 12.8. The molecule has 1 fully saturated rings. The van der Waals surface area contributed by atoms with E-state index in [2.05, 4.69) is 5.32 Å². The van der Waals surface area contributed by atoms with Gasteiger partial charge in [0, 0.05) is 54.5 Å². The Labute approximate surface area is 195 Å². The van der Waals surface area contributed by atoms with E-state index in [9.17, 15) is 23.7 Å². The van der Waals surface area contributed by atoms with Crippen molar-refractivity contribution in [3.63, 3.8) is 0 Å². The van der Waals surface area contributed by atoms with Crippen molar-refractivity contribution in [3.8, 4) is 0 Å². The van der Waals surface area contributed by atoms with Gasteiger partial charge in [-0.15, -0.1) is 11.3 Å². The van der Waals surface area contributed by atoms with Gasteiger partial charge in [-0.25, -0.2) is 8.78 Å². The third-order valence-electron chi connectivity index (χ3n) is 5.04. The minimum absolute atomic E-state index is 0.0679. The number of amides is 1. The fraction of sp³-hybridized carbons (Fsp3) is 0.200. The lowest BCUT2D eigenvalue weighted by atomic mass is 10.2. The third kappa shape index (κ3) is 4.36. The van der Waals surface area contributed by atoms with Crippen LogP contribution in [0.25, 0.3) is 10.1 Å². The number of nitro groups is 1. The highest BCUT2D eigenvalue weighted by Crippen LogP contribution is 2.38. The first kappa shape index (κ1) is 22.3. The summed E-state index contributed by atoms with van der Waals surface area (Å²) in [5.74, 6) is -1.69. The Hall–Kier alpha value is -2.89. The van der Waals surface area contributed by atoms with Crippen LogP contribution in [0.3, 0.4) is 0 Å². The number of rotatable bonds is 3. The van der Waals surface area contributed by atoms with E-state index in [1.54, 1.807) is 15.9 Å². The van der Waals surface area contributed by atoms with Gasteiger partial charge in [-0.2, -0.15) is 0 Å². The number of carbonyl (C=O) groups is 1. The normalized spacial score (nSPS) is 14.0. The molecule has 1 aromatic heterocycles. The van der Waals surface area contributed by atoms with Crippen LogP contribution >= 0.6 is 35.2 Å². The van der Waals surface area contributed by atoms with E-state index in [-0.39, 0.29) is 27.4 Å². The molecule has 1 aliphatic heterocycles. The summed E-state index contributed by atoms with van der Waals surface area (Å²) in [6.07, 6.45) is 0. The van der Waals surface area contributed by atoms with E-state index >= 15 is 0 Å². The fourth-order valence-electron chi connectivity index (χ4n) is 3.35. The number of nitrogens with one attached hydrogen (secondary N) is 1. The summed E-state index contributed by atoms with van der Waals surface area (Å²) in [6, 6.07) is 7.47. The summed E-state index contributed by atoms with van der Waals surface area (Å²) in [7, 11) is 0. The van der Waals surface area contributed by atoms with Gasteiger partial charge in [0.1, 0.15) is 16.5 Å². The second-order valence-corrected chi connectivity index (χ2v) is 8.83. The second kappa shape index (κ2) is 8.93. The molecule has 0 bridgehead atoms. The standard InChI is InChI=1S/C20H15ClF2N4O3S2/c21-17-13-3-2-12(27(29)30)10-16(13)32-18(17)19(28)25-5-7-26(8-6-25)20(31)24-15-4-1-11(22)9-14(15)23/h1-4,9-10H,5-8H2,(H,24,31). The maximum Gasteiger partial charge on any atom is 0.270 e. The number of carbonyl (C=O) groups excluding carboxylic acids is 1. The van der Waals surface area contributed by atoms with Gasteiger partial charge in [-0.1, -0.05) is 11.6 Å². The van der Waals surface area contributed by atoms with E-state index in [4.69, 9.17) is 23.8 Å². The zero-order valence-corrected chi connectivity index (χ0v) is 18.7. The Balaban J connectivity index is 1.42. The van der Waals surface area contributed by atoms with Crippen LogP contribution in [0.5, 0.6) is 0 Å². The number of hydrogen-bond acceptors (Lipinski definition) is 5. The predicted octanol–water partition coefficient (Wildman–Crippen LogP) is 4.90. The summed E-state index contributed by atoms with van der Waals surface area (Å²) in [4.78, 5) is 27.3. The quantitative estimate of drug-likeness (QED) is 0.316. The monoisotopic (exact) mass is 496 g/mol. The van der Waals surface area contributed by atoms with Crippen molar-refractivity contribution in [1.29, 1.82) is 0 Å². The van der Waals surface area contributed by atoms with Crippen LogP contribution in [0, 0.1) is 21.7 Å². The molecule has 166 valence electrons. The lowest BCUT2D eigenvalue weighted by molar-refractivity contribution is -0.384. The first-order chi connectivity index (χ1) is 15.2. The number of hydrogen-bond donors (Lipinski definition) is 1. The van der Waals surface area contributed by atoms with Crippen molar-refractivity contribution in [2.45, 2.75) is 0 Å². The van der Waals surface area contributed by atoms with Gasteiger partial charge in [0.15, 0.2) is 5.11 Å². The van der Waals surface area contributed by atoms with Gasteiger partial charge in [-0.3, -0.25) is 14.9 Å². The van der Waals surface area contributed by atoms with Crippen molar-refractivity contribution in [1.82, 2.24) is 9.80 Å². The zero-order chi connectivity index (χ0) is 23.0. The SMILES string of the molecule is O=C(c1sc2cc([N+](=O)[O-])ccc2c1Cl)N1CCN(C(=S)Nc2ccc(F)cc2F)CC1. The molecule has 4 rings (SSSR count). The van der Waals surface area contributed by atoms with E-state index in [1.165, 1.54) is 18.2 Å². The van der Waals surface area contributed by atoms with E-state index in [1.807, 2.05) is 0 Å². The minimum Gasteiger partial charge on any atom is -0.345 e. The molecule has 1 aliphatic rings. The first-order valence-corrected chi connectivity index (χ1v) is 11.0. The summed E-state index contributed by atoms with van der Waals surface area (Å²) in [6.45, 7) is 1.54. The van der Waals surface area contributed by atoms with Gasteiger partial charge in [0.25, 0.3) is 11.6 Å². The van der Waals surface area contributed by atoms with E-state index in [0.29, 0.717) is 41.1 Å². The Bertz CT molecular complexity index is 1250. The van der Waals surface area contributed by atoms with Crippen molar-refractivity contribution in [3.05, 3.63) is 68.0 Å². The highest BCUT2D eigenvalue weighted by atomic mass is 35.5. The predicted molar refractivity (Wildman–Crippen MR) is 124 cm³/mol. The molecule has 2 aromatic carbocycles. The van der Waals surface area contributed by atoms with Crippen molar-refractivity contribution < 1.29 is 18.5 Å². The topological polar surface area (TPSA) is 78.7 Å². The fourth-order valence-corrected chi connectivity index (χ4v) is 5.15. The summed E-state index contributed by atoms with van der Waals surface area (Å²) < 4.78 is 27.5. The highest BCUT2D eigenvalue weighted by molar-refractivity contribution is 7.80. The minimum atomic E-state index is -0.749. The number of benzene rings is 2. The van der Waals surface area contributed by atoms with Gasteiger partial charge in [0.05, 0.1) is 15.6 Å². The maximum atomic E-state index is 13.8. The number of piperazine rings is 1. The zero-order valence-electron chi connectivity index (χ0n) is 16.3. The molecule has 1 saturated heterocycles. The summed E-state index contributed by atoms with van der Waals surface area (Å²) in [5.41, 5.74) is 0.00249. The van der Waals surface area contributed by atoms with Gasteiger partial charge in [-0.05, 0) is 30.4 Å². The molecule has 3 aromatic rings. The maximum absolute atomic E-state index is 13.8. The Morgan fingerprint density at radius 2 is 1.81 bits per heavy atom. The average Bonchev–Trinajstić information content (AvgIpc) is 3.11. The first-order valence-electron chi connectivity index (χ1n) is 9.41. The van der Waals surface area contributed by atoms with Crippen LogP contribution in [0.15, 0.2) is 36.4 Å². The smallest absolute Gasteiger partial charge is 0.270 e. The van der Waals surface area contributed by atoms with E-state index in [0.717, 1.165) is 23.5 Å². The van der Waals surface area contributed by atoms with Crippen LogP contribution in [0.2, 0.25) is 5.02 Å². The summed E-state index contributed by atoms with van der Waals surface area (Å²) in [5, 5.41) is 14.9. The Morgan fingerprint density at radius 1 is 1.12 bits per heavy atom.